The standard InChI is InChI=1S/C27H27Cl4F2N3O4/c1-26(2)9-20-21(24(39)35(4)14-7-18(30)23(19(31)8-14)40-25(32)33)16(10-37)27(3,36(20)11-26)15-5-13(28)6-17(29)22(15)34-12-38/h5-8,10,12,16,20-21,25H,9,11H2,1-4H3,(H,34,38). The van der Waals surface area contributed by atoms with Gasteiger partial charge >= 0.3 is 6.61 Å². The maximum absolute atomic E-state index is 14.2. The van der Waals surface area contributed by atoms with Crippen LogP contribution in [0.2, 0.25) is 20.1 Å². The molecular weight excluding hydrogens is 610 g/mol. The van der Waals surface area contributed by atoms with Crippen LogP contribution in [0, 0.1) is 17.3 Å². The molecule has 0 bridgehead atoms. The summed E-state index contributed by atoms with van der Waals surface area (Å²) >= 11 is 25.2. The summed E-state index contributed by atoms with van der Waals surface area (Å²) in [6.45, 7) is 3.40. The molecule has 0 spiro atoms. The fourth-order valence-corrected chi connectivity index (χ4v) is 7.38. The molecule has 2 saturated heterocycles. The van der Waals surface area contributed by atoms with Crippen LogP contribution in [0.15, 0.2) is 24.3 Å². The molecule has 4 unspecified atom stereocenters. The van der Waals surface area contributed by atoms with Crippen molar-refractivity contribution in [3.05, 3.63) is 49.9 Å². The van der Waals surface area contributed by atoms with Crippen LogP contribution in [0.5, 0.6) is 5.75 Å². The Kier molecular flexibility index (Phi) is 8.66. The molecule has 2 aromatic carbocycles. The highest BCUT2D eigenvalue weighted by Crippen LogP contribution is 2.58. The monoisotopic (exact) mass is 635 g/mol. The molecule has 2 heterocycles. The Morgan fingerprint density at radius 1 is 1.10 bits per heavy atom. The van der Waals surface area contributed by atoms with Crippen LogP contribution >= 0.6 is 46.4 Å². The number of fused-ring (bicyclic) bond motifs is 1. The molecule has 4 rings (SSSR count). The fraction of sp³-hybridized carbons (Fsp3) is 0.444. The number of alkyl halides is 2. The lowest BCUT2D eigenvalue weighted by Crippen LogP contribution is -2.46. The van der Waals surface area contributed by atoms with E-state index in [4.69, 9.17) is 46.4 Å². The highest BCUT2D eigenvalue weighted by Gasteiger charge is 2.64. The molecule has 4 atom stereocenters. The second-order valence-electron chi connectivity index (χ2n) is 11.0. The molecule has 2 aliphatic heterocycles. The van der Waals surface area contributed by atoms with Gasteiger partial charge < -0.3 is 19.7 Å². The molecule has 7 nitrogen and oxygen atoms in total. The van der Waals surface area contributed by atoms with Crippen molar-refractivity contribution in [2.75, 3.05) is 23.8 Å². The van der Waals surface area contributed by atoms with E-state index in [2.05, 4.69) is 28.8 Å². The van der Waals surface area contributed by atoms with Crippen molar-refractivity contribution in [1.29, 1.82) is 0 Å². The molecule has 1 N–H and O–H groups in total. The van der Waals surface area contributed by atoms with Gasteiger partial charge in [-0.2, -0.15) is 8.78 Å². The van der Waals surface area contributed by atoms with Gasteiger partial charge in [-0.1, -0.05) is 60.3 Å². The van der Waals surface area contributed by atoms with Crippen molar-refractivity contribution >= 4 is 76.4 Å². The van der Waals surface area contributed by atoms with Crippen LogP contribution in [0.4, 0.5) is 20.2 Å². The Labute approximate surface area is 250 Å². The quantitative estimate of drug-likeness (QED) is 0.319. The summed E-state index contributed by atoms with van der Waals surface area (Å²) in [7, 11) is 1.50. The Morgan fingerprint density at radius 2 is 1.73 bits per heavy atom. The van der Waals surface area contributed by atoms with Gasteiger partial charge in [0.15, 0.2) is 5.75 Å². The molecule has 40 heavy (non-hydrogen) atoms. The molecule has 2 amide bonds. The summed E-state index contributed by atoms with van der Waals surface area (Å²) in [5, 5.41) is 2.73. The summed E-state index contributed by atoms with van der Waals surface area (Å²) in [6, 6.07) is 5.37. The zero-order chi connectivity index (χ0) is 29.7. The second-order valence-corrected chi connectivity index (χ2v) is 12.6. The van der Waals surface area contributed by atoms with Crippen molar-refractivity contribution in [2.45, 2.75) is 45.4 Å². The second kappa shape index (κ2) is 11.2. The number of rotatable bonds is 8. The zero-order valence-electron chi connectivity index (χ0n) is 22.0. The number of anilines is 2. The maximum atomic E-state index is 14.2. The van der Waals surface area contributed by atoms with Crippen molar-refractivity contribution in [1.82, 2.24) is 4.90 Å². The molecule has 216 valence electrons. The number of ether oxygens (including phenoxy) is 1. The van der Waals surface area contributed by atoms with Crippen molar-refractivity contribution < 1.29 is 27.9 Å². The van der Waals surface area contributed by atoms with Crippen LogP contribution in [0.25, 0.3) is 0 Å². The van der Waals surface area contributed by atoms with Gasteiger partial charge in [-0.3, -0.25) is 14.5 Å². The highest BCUT2D eigenvalue weighted by molar-refractivity contribution is 6.38. The van der Waals surface area contributed by atoms with Crippen molar-refractivity contribution in [3.63, 3.8) is 0 Å². The maximum Gasteiger partial charge on any atom is 0.387 e. The largest absolute Gasteiger partial charge is 0.432 e. The van der Waals surface area contributed by atoms with E-state index in [1.54, 1.807) is 6.07 Å². The van der Waals surface area contributed by atoms with Gasteiger partial charge in [0.25, 0.3) is 0 Å². The lowest BCUT2D eigenvalue weighted by Gasteiger charge is -2.40. The molecule has 2 fully saturated rings. The van der Waals surface area contributed by atoms with Crippen LogP contribution in [-0.2, 0) is 19.9 Å². The Morgan fingerprint density at radius 3 is 2.27 bits per heavy atom. The first-order valence-electron chi connectivity index (χ1n) is 12.3. The smallest absolute Gasteiger partial charge is 0.387 e. The van der Waals surface area contributed by atoms with Crippen LogP contribution in [0.3, 0.4) is 0 Å². The summed E-state index contributed by atoms with van der Waals surface area (Å²) in [6.07, 6.45) is 1.84. The van der Waals surface area contributed by atoms with Gasteiger partial charge in [0.2, 0.25) is 12.3 Å². The highest BCUT2D eigenvalue weighted by atomic mass is 35.5. The first-order valence-corrected chi connectivity index (χ1v) is 13.8. The normalized spacial score (nSPS) is 25.5. The third-order valence-electron chi connectivity index (χ3n) is 7.95. The Bertz CT molecular complexity index is 1340. The van der Waals surface area contributed by atoms with Crippen molar-refractivity contribution in [2.24, 2.45) is 17.3 Å². The predicted octanol–water partition coefficient (Wildman–Crippen LogP) is 6.89. The number of hydrogen-bond donors (Lipinski definition) is 1. The number of hydrogen-bond acceptors (Lipinski definition) is 5. The van der Waals surface area contributed by atoms with Crippen molar-refractivity contribution in [3.8, 4) is 5.75 Å². The van der Waals surface area contributed by atoms with E-state index < -0.39 is 35.6 Å². The summed E-state index contributed by atoms with van der Waals surface area (Å²) in [4.78, 5) is 42.0. The predicted molar refractivity (Wildman–Crippen MR) is 152 cm³/mol. The van der Waals surface area contributed by atoms with Gasteiger partial charge in [0.1, 0.15) is 6.29 Å². The third-order valence-corrected chi connectivity index (χ3v) is 9.03. The van der Waals surface area contributed by atoms with Gasteiger partial charge in [0.05, 0.1) is 38.1 Å². The van der Waals surface area contributed by atoms with Crippen LogP contribution in [-0.4, -0.2) is 49.7 Å². The fourth-order valence-electron chi connectivity index (χ4n) is 6.27. The lowest BCUT2D eigenvalue weighted by molar-refractivity contribution is -0.127. The van der Waals surface area contributed by atoms with E-state index in [-0.39, 0.29) is 32.2 Å². The number of halogens is 6. The van der Waals surface area contributed by atoms with E-state index in [9.17, 15) is 23.2 Å². The molecular formula is C27H27Cl4F2N3O4. The van der Waals surface area contributed by atoms with Gasteiger partial charge in [0, 0.05) is 30.3 Å². The summed E-state index contributed by atoms with van der Waals surface area (Å²) in [5.74, 6) is -2.51. The van der Waals surface area contributed by atoms with Gasteiger partial charge in [-0.05, 0) is 48.6 Å². The number of aldehydes is 1. The third kappa shape index (κ3) is 5.27. The minimum Gasteiger partial charge on any atom is -0.432 e. The number of carbonyl (C=O) groups excluding carboxylic acids is 3. The van der Waals surface area contributed by atoms with Gasteiger partial charge in [-0.25, -0.2) is 0 Å². The van der Waals surface area contributed by atoms with E-state index in [0.29, 0.717) is 35.6 Å². The minimum absolute atomic E-state index is 0.192. The van der Waals surface area contributed by atoms with Crippen LogP contribution < -0.4 is 15.0 Å². The number of carbonyl (C=O) groups is 3. The first-order chi connectivity index (χ1) is 18.7. The Balaban J connectivity index is 1.83. The number of benzene rings is 2. The Hall–Kier alpha value is -2.17. The van der Waals surface area contributed by atoms with Crippen LogP contribution in [0.1, 0.15) is 32.8 Å². The first kappa shape index (κ1) is 30.8. The average molecular weight is 637 g/mol. The van der Waals surface area contributed by atoms with E-state index in [0.717, 1.165) is 6.29 Å². The molecule has 0 saturated carbocycles. The van der Waals surface area contributed by atoms with Gasteiger partial charge in [-0.15, -0.1) is 0 Å². The van der Waals surface area contributed by atoms with E-state index in [1.807, 2.05) is 6.92 Å². The lowest BCUT2D eigenvalue weighted by atomic mass is 9.72. The molecule has 0 aromatic heterocycles. The zero-order valence-corrected chi connectivity index (χ0v) is 25.0. The molecule has 2 aromatic rings. The van der Waals surface area contributed by atoms with E-state index in [1.165, 1.54) is 30.1 Å². The summed E-state index contributed by atoms with van der Waals surface area (Å²) < 4.78 is 30.0. The molecule has 0 radical (unpaired) electrons. The molecule has 2 aliphatic rings. The number of nitrogens with zero attached hydrogens (tertiary/aromatic N) is 2. The molecule has 13 heteroatoms. The van der Waals surface area contributed by atoms with E-state index >= 15 is 0 Å². The number of amides is 2. The average Bonchev–Trinajstić information content (AvgIpc) is 3.30. The number of nitrogens with one attached hydrogen (secondary N) is 1. The summed E-state index contributed by atoms with van der Waals surface area (Å²) in [5.41, 5.74) is -0.245. The molecule has 0 aliphatic carbocycles. The minimum atomic E-state index is -3.14. The SMILES string of the molecule is CN(C(=O)C1C2CC(C)(C)CN2C(C)(c2cc(Cl)cc(Cl)c2NC=O)C1C=O)c1cc(Cl)c(OC(F)F)c(Cl)c1. The topological polar surface area (TPSA) is 79.0 Å².